The van der Waals surface area contributed by atoms with E-state index in [9.17, 15) is 9.59 Å². The van der Waals surface area contributed by atoms with Gasteiger partial charge in [-0.1, -0.05) is 17.7 Å². The molecule has 3 rings (SSSR count). The summed E-state index contributed by atoms with van der Waals surface area (Å²) < 4.78 is 11.2. The third-order valence-corrected chi connectivity index (χ3v) is 4.88. The van der Waals surface area contributed by atoms with Crippen LogP contribution in [0.4, 0.5) is 0 Å². The van der Waals surface area contributed by atoms with Gasteiger partial charge in [0.2, 0.25) is 5.91 Å². The number of nitrogens with one attached hydrogen (secondary N) is 2. The Morgan fingerprint density at radius 2 is 2.04 bits per heavy atom. The first-order valence-corrected chi connectivity index (χ1v) is 9.55. The Morgan fingerprint density at radius 3 is 2.85 bits per heavy atom. The van der Waals surface area contributed by atoms with E-state index in [4.69, 9.17) is 21.1 Å². The first-order chi connectivity index (χ1) is 12.6. The van der Waals surface area contributed by atoms with Crippen molar-refractivity contribution in [2.75, 3.05) is 19.8 Å². The van der Waals surface area contributed by atoms with Crippen LogP contribution in [0, 0.1) is 0 Å². The van der Waals surface area contributed by atoms with E-state index in [2.05, 4.69) is 10.6 Å². The summed E-state index contributed by atoms with van der Waals surface area (Å²) in [7, 11) is 0. The highest BCUT2D eigenvalue weighted by Gasteiger charge is 2.16. The highest BCUT2D eigenvalue weighted by molar-refractivity contribution is 7.12. The molecule has 2 heterocycles. The Labute approximate surface area is 160 Å². The van der Waals surface area contributed by atoms with E-state index >= 15 is 0 Å². The maximum Gasteiger partial charge on any atom is 0.261 e. The Bertz CT molecular complexity index is 780. The molecule has 1 aromatic heterocycles. The number of benzene rings is 1. The molecule has 0 spiro atoms. The number of carbonyl (C=O) groups is 2. The van der Waals surface area contributed by atoms with Crippen molar-refractivity contribution in [2.24, 2.45) is 0 Å². The van der Waals surface area contributed by atoms with Crippen LogP contribution in [0.1, 0.15) is 28.1 Å². The molecule has 0 saturated heterocycles. The predicted molar refractivity (Wildman–Crippen MR) is 100 cm³/mol. The largest absolute Gasteiger partial charge is 0.489 e. The van der Waals surface area contributed by atoms with Crippen molar-refractivity contribution in [3.05, 3.63) is 45.1 Å². The molecule has 1 aliphatic rings. The molecule has 1 aliphatic heterocycles. The number of rotatable bonds is 6. The Morgan fingerprint density at radius 1 is 1.19 bits per heavy atom. The van der Waals surface area contributed by atoms with Crippen molar-refractivity contribution in [3.63, 3.8) is 0 Å². The molecule has 26 heavy (non-hydrogen) atoms. The molecule has 138 valence electrons. The second-order valence-electron chi connectivity index (χ2n) is 5.72. The quantitative estimate of drug-likeness (QED) is 0.789. The highest BCUT2D eigenvalue weighted by Crippen LogP contribution is 2.37. The minimum atomic E-state index is -0.164. The van der Waals surface area contributed by atoms with E-state index in [0.29, 0.717) is 41.2 Å². The predicted octanol–water partition coefficient (Wildman–Crippen LogP) is 3.00. The van der Waals surface area contributed by atoms with Crippen molar-refractivity contribution in [3.8, 4) is 11.5 Å². The fourth-order valence-electron chi connectivity index (χ4n) is 2.46. The number of fused-ring (bicyclic) bond motifs is 1. The molecule has 0 bridgehead atoms. The lowest BCUT2D eigenvalue weighted by Gasteiger charge is -2.12. The summed E-state index contributed by atoms with van der Waals surface area (Å²) in [6, 6.07) is 7.14. The normalized spacial score (nSPS) is 13.0. The topological polar surface area (TPSA) is 76.7 Å². The summed E-state index contributed by atoms with van der Waals surface area (Å²) in [5, 5.41) is 7.84. The maximum absolute atomic E-state index is 12.0. The first kappa shape index (κ1) is 18.5. The molecule has 1 aromatic carbocycles. The number of amides is 2. The number of hydrogen-bond donors (Lipinski definition) is 2. The van der Waals surface area contributed by atoms with Crippen LogP contribution < -0.4 is 20.1 Å². The van der Waals surface area contributed by atoms with Crippen molar-refractivity contribution in [2.45, 2.75) is 19.4 Å². The second-order valence-corrected chi connectivity index (χ2v) is 7.07. The van der Waals surface area contributed by atoms with Gasteiger partial charge in [-0.05, 0) is 29.1 Å². The van der Waals surface area contributed by atoms with Gasteiger partial charge in [0, 0.05) is 25.9 Å². The van der Waals surface area contributed by atoms with E-state index in [1.807, 2.05) is 17.5 Å². The third-order valence-electron chi connectivity index (χ3n) is 3.73. The van der Waals surface area contributed by atoms with E-state index in [1.165, 1.54) is 11.3 Å². The van der Waals surface area contributed by atoms with Gasteiger partial charge < -0.3 is 20.1 Å². The number of thiophene rings is 1. The molecule has 2 aromatic rings. The average molecular weight is 395 g/mol. The van der Waals surface area contributed by atoms with Crippen LogP contribution in [0.25, 0.3) is 0 Å². The van der Waals surface area contributed by atoms with E-state index in [0.717, 1.165) is 12.0 Å². The van der Waals surface area contributed by atoms with Crippen LogP contribution in [0.5, 0.6) is 11.5 Å². The van der Waals surface area contributed by atoms with Gasteiger partial charge in [-0.15, -0.1) is 11.3 Å². The molecule has 0 saturated carbocycles. The fourth-order valence-corrected chi connectivity index (χ4v) is 3.39. The standard InChI is InChI=1S/C18H19ClN2O4S/c19-13-9-12(10-14-17(13)25-7-2-6-24-14)11-21-16(22)4-5-20-18(23)15-3-1-8-26-15/h1,3,8-10H,2,4-7,11H2,(H,20,23)(H,21,22). The van der Waals surface area contributed by atoms with Crippen molar-refractivity contribution >= 4 is 34.8 Å². The van der Waals surface area contributed by atoms with Gasteiger partial charge in [-0.2, -0.15) is 0 Å². The van der Waals surface area contributed by atoms with Crippen LogP contribution in [-0.2, 0) is 11.3 Å². The van der Waals surface area contributed by atoms with Gasteiger partial charge in [0.15, 0.2) is 11.5 Å². The molecule has 0 radical (unpaired) electrons. The summed E-state index contributed by atoms with van der Waals surface area (Å²) in [6.07, 6.45) is 1.00. The smallest absolute Gasteiger partial charge is 0.261 e. The van der Waals surface area contributed by atoms with Crippen LogP contribution in [-0.4, -0.2) is 31.6 Å². The summed E-state index contributed by atoms with van der Waals surface area (Å²) in [6.45, 7) is 1.75. The summed E-state index contributed by atoms with van der Waals surface area (Å²) >= 11 is 7.60. The third kappa shape index (κ3) is 4.89. The highest BCUT2D eigenvalue weighted by atomic mass is 35.5. The van der Waals surface area contributed by atoms with Gasteiger partial charge >= 0.3 is 0 Å². The van der Waals surface area contributed by atoms with Crippen molar-refractivity contribution < 1.29 is 19.1 Å². The van der Waals surface area contributed by atoms with Gasteiger partial charge in [0.05, 0.1) is 23.1 Å². The van der Waals surface area contributed by atoms with Crippen molar-refractivity contribution in [1.29, 1.82) is 0 Å². The molecule has 0 atom stereocenters. The van der Waals surface area contributed by atoms with Gasteiger partial charge in [-0.3, -0.25) is 9.59 Å². The average Bonchev–Trinajstić information content (AvgIpc) is 3.06. The number of hydrogen-bond acceptors (Lipinski definition) is 5. The fraction of sp³-hybridized carbons (Fsp3) is 0.333. The van der Waals surface area contributed by atoms with E-state index in [-0.39, 0.29) is 24.8 Å². The zero-order chi connectivity index (χ0) is 18.4. The minimum absolute atomic E-state index is 0.153. The van der Waals surface area contributed by atoms with E-state index in [1.54, 1.807) is 12.1 Å². The lowest BCUT2D eigenvalue weighted by molar-refractivity contribution is -0.121. The summed E-state index contributed by atoms with van der Waals surface area (Å²) in [5.74, 6) is 0.834. The van der Waals surface area contributed by atoms with Crippen molar-refractivity contribution in [1.82, 2.24) is 10.6 Å². The molecule has 0 fully saturated rings. The Balaban J connectivity index is 1.46. The lowest BCUT2D eigenvalue weighted by Crippen LogP contribution is -2.30. The summed E-state index contributed by atoms with van der Waals surface area (Å²) in [4.78, 5) is 24.4. The van der Waals surface area contributed by atoms with Gasteiger partial charge in [0.1, 0.15) is 0 Å². The van der Waals surface area contributed by atoms with E-state index < -0.39 is 0 Å². The Kier molecular flexibility index (Phi) is 6.35. The Hall–Kier alpha value is -2.25. The molecule has 0 aliphatic carbocycles. The first-order valence-electron chi connectivity index (χ1n) is 8.30. The van der Waals surface area contributed by atoms with Gasteiger partial charge in [-0.25, -0.2) is 0 Å². The second kappa shape index (κ2) is 8.91. The SMILES string of the molecule is O=C(CCNC(=O)c1cccs1)NCc1cc(Cl)c2c(c1)OCCCO2. The number of ether oxygens (including phenoxy) is 2. The van der Waals surface area contributed by atoms with Crippen LogP contribution in [0.15, 0.2) is 29.6 Å². The monoisotopic (exact) mass is 394 g/mol. The minimum Gasteiger partial charge on any atom is -0.489 e. The number of carbonyl (C=O) groups excluding carboxylic acids is 2. The van der Waals surface area contributed by atoms with Crippen LogP contribution in [0.2, 0.25) is 5.02 Å². The molecule has 8 heteroatoms. The van der Waals surface area contributed by atoms with Crippen LogP contribution in [0.3, 0.4) is 0 Å². The zero-order valence-corrected chi connectivity index (χ0v) is 15.6. The van der Waals surface area contributed by atoms with Crippen LogP contribution >= 0.6 is 22.9 Å². The lowest BCUT2D eigenvalue weighted by atomic mass is 10.2. The molecular formula is C18H19ClN2O4S. The summed E-state index contributed by atoms with van der Waals surface area (Å²) in [5.41, 5.74) is 0.829. The van der Waals surface area contributed by atoms with Gasteiger partial charge in [0.25, 0.3) is 5.91 Å². The molecule has 2 amide bonds. The zero-order valence-electron chi connectivity index (χ0n) is 14.0. The maximum atomic E-state index is 12.0. The molecule has 0 unspecified atom stereocenters. The molecule has 6 nitrogen and oxygen atoms in total. The number of halogens is 1. The molecular weight excluding hydrogens is 376 g/mol. The molecule has 2 N–H and O–H groups in total.